The standard InChI is InChI=1S/C14H24N4O/c1-10-3-5-11(6-4-10)7-8-16-14(19)13-12(15)9-17-18(13)2/h9-11H,3-8,15H2,1-2H3,(H,16,19). The van der Waals surface area contributed by atoms with Crippen molar-refractivity contribution in [3.63, 3.8) is 0 Å². The number of nitrogens with one attached hydrogen (secondary N) is 1. The van der Waals surface area contributed by atoms with Crippen LogP contribution in [0.5, 0.6) is 0 Å². The highest BCUT2D eigenvalue weighted by Gasteiger charge is 2.19. The van der Waals surface area contributed by atoms with Crippen molar-refractivity contribution >= 4 is 11.6 Å². The quantitative estimate of drug-likeness (QED) is 0.873. The van der Waals surface area contributed by atoms with E-state index in [9.17, 15) is 4.79 Å². The van der Waals surface area contributed by atoms with Gasteiger partial charge in [-0.05, 0) is 18.3 Å². The third-order valence-electron chi connectivity index (χ3n) is 4.16. The topological polar surface area (TPSA) is 72.9 Å². The fourth-order valence-corrected chi connectivity index (χ4v) is 2.82. The van der Waals surface area contributed by atoms with Crippen molar-refractivity contribution < 1.29 is 4.79 Å². The first kappa shape index (κ1) is 13.9. The summed E-state index contributed by atoms with van der Waals surface area (Å²) < 4.78 is 1.52. The second-order valence-corrected chi connectivity index (χ2v) is 5.74. The van der Waals surface area contributed by atoms with Gasteiger partial charge in [0.25, 0.3) is 5.91 Å². The van der Waals surface area contributed by atoms with E-state index in [4.69, 9.17) is 5.73 Å². The summed E-state index contributed by atoms with van der Waals surface area (Å²) in [5, 5.41) is 6.92. The fraction of sp³-hybridized carbons (Fsp3) is 0.714. The van der Waals surface area contributed by atoms with Gasteiger partial charge in [-0.2, -0.15) is 5.10 Å². The zero-order valence-corrected chi connectivity index (χ0v) is 11.9. The molecular formula is C14H24N4O. The van der Waals surface area contributed by atoms with Crippen LogP contribution < -0.4 is 11.1 Å². The van der Waals surface area contributed by atoms with E-state index in [1.165, 1.54) is 36.6 Å². The molecule has 0 atom stereocenters. The van der Waals surface area contributed by atoms with Crippen LogP contribution in [0, 0.1) is 11.8 Å². The molecule has 3 N–H and O–H groups in total. The van der Waals surface area contributed by atoms with Gasteiger partial charge in [0.15, 0.2) is 0 Å². The van der Waals surface area contributed by atoms with Crippen molar-refractivity contribution in [2.45, 2.75) is 39.0 Å². The van der Waals surface area contributed by atoms with Crippen LogP contribution in [0.4, 0.5) is 5.69 Å². The molecule has 106 valence electrons. The van der Waals surface area contributed by atoms with Crippen LogP contribution >= 0.6 is 0 Å². The number of hydrogen-bond donors (Lipinski definition) is 2. The van der Waals surface area contributed by atoms with Crippen molar-refractivity contribution in [1.82, 2.24) is 15.1 Å². The van der Waals surface area contributed by atoms with Gasteiger partial charge in [0.05, 0.1) is 11.9 Å². The average molecular weight is 264 g/mol. The molecule has 2 rings (SSSR count). The summed E-state index contributed by atoms with van der Waals surface area (Å²) >= 11 is 0. The number of nitrogens with two attached hydrogens (primary N) is 1. The number of aromatic nitrogens is 2. The second kappa shape index (κ2) is 6.08. The van der Waals surface area contributed by atoms with Crippen LogP contribution in [-0.4, -0.2) is 22.2 Å². The van der Waals surface area contributed by atoms with Gasteiger partial charge in [-0.3, -0.25) is 9.48 Å². The average Bonchev–Trinajstić information content (AvgIpc) is 2.71. The third kappa shape index (κ3) is 3.49. The Morgan fingerprint density at radius 3 is 2.74 bits per heavy atom. The van der Waals surface area contributed by atoms with Crippen LogP contribution in [0.2, 0.25) is 0 Å². The fourth-order valence-electron chi connectivity index (χ4n) is 2.82. The lowest BCUT2D eigenvalue weighted by atomic mass is 9.81. The van der Waals surface area contributed by atoms with E-state index in [0.29, 0.717) is 11.4 Å². The van der Waals surface area contributed by atoms with E-state index in [1.54, 1.807) is 7.05 Å². The molecule has 0 aromatic carbocycles. The number of hydrogen-bond acceptors (Lipinski definition) is 3. The second-order valence-electron chi connectivity index (χ2n) is 5.74. The summed E-state index contributed by atoms with van der Waals surface area (Å²) in [6, 6.07) is 0. The largest absolute Gasteiger partial charge is 0.396 e. The van der Waals surface area contributed by atoms with Gasteiger partial charge in [-0.25, -0.2) is 0 Å². The third-order valence-corrected chi connectivity index (χ3v) is 4.16. The number of carbonyl (C=O) groups excluding carboxylic acids is 1. The highest BCUT2D eigenvalue weighted by atomic mass is 16.2. The maximum absolute atomic E-state index is 12.0. The van der Waals surface area contributed by atoms with Gasteiger partial charge in [0, 0.05) is 13.6 Å². The summed E-state index contributed by atoms with van der Waals surface area (Å²) in [5.41, 5.74) is 6.62. The maximum atomic E-state index is 12.0. The first-order chi connectivity index (χ1) is 9.08. The maximum Gasteiger partial charge on any atom is 0.271 e. The smallest absolute Gasteiger partial charge is 0.271 e. The highest BCUT2D eigenvalue weighted by molar-refractivity contribution is 5.97. The van der Waals surface area contributed by atoms with Crippen LogP contribution in [0.3, 0.4) is 0 Å². The molecule has 0 spiro atoms. The van der Waals surface area contributed by atoms with Crippen molar-refractivity contribution in [2.75, 3.05) is 12.3 Å². The molecule has 1 aromatic heterocycles. The minimum absolute atomic E-state index is 0.123. The van der Waals surface area contributed by atoms with Crippen molar-refractivity contribution in [1.29, 1.82) is 0 Å². The van der Waals surface area contributed by atoms with Gasteiger partial charge in [-0.15, -0.1) is 0 Å². The van der Waals surface area contributed by atoms with E-state index in [0.717, 1.165) is 24.8 Å². The summed E-state index contributed by atoms with van der Waals surface area (Å²) in [6.45, 7) is 3.05. The van der Waals surface area contributed by atoms with E-state index in [2.05, 4.69) is 17.3 Å². The molecule has 0 saturated heterocycles. The van der Waals surface area contributed by atoms with Crippen LogP contribution in [0.1, 0.15) is 49.5 Å². The Morgan fingerprint density at radius 2 is 2.16 bits per heavy atom. The van der Waals surface area contributed by atoms with E-state index >= 15 is 0 Å². The van der Waals surface area contributed by atoms with Crippen molar-refractivity contribution in [3.8, 4) is 0 Å². The predicted octanol–water partition coefficient (Wildman–Crippen LogP) is 1.95. The number of anilines is 1. The molecule has 0 unspecified atom stereocenters. The minimum atomic E-state index is -0.123. The Kier molecular flexibility index (Phi) is 4.45. The number of nitrogens with zero attached hydrogens (tertiary/aromatic N) is 2. The van der Waals surface area contributed by atoms with E-state index < -0.39 is 0 Å². The molecule has 1 aliphatic rings. The predicted molar refractivity (Wildman–Crippen MR) is 75.7 cm³/mol. The highest BCUT2D eigenvalue weighted by Crippen LogP contribution is 2.29. The van der Waals surface area contributed by atoms with Gasteiger partial charge >= 0.3 is 0 Å². The van der Waals surface area contributed by atoms with Gasteiger partial charge < -0.3 is 11.1 Å². The first-order valence-corrected chi connectivity index (χ1v) is 7.13. The summed E-state index contributed by atoms with van der Waals surface area (Å²) in [4.78, 5) is 12.0. The van der Waals surface area contributed by atoms with Crippen molar-refractivity contribution in [2.24, 2.45) is 18.9 Å². The molecule has 1 fully saturated rings. The Hall–Kier alpha value is -1.52. The Bertz CT molecular complexity index is 413. The van der Waals surface area contributed by atoms with E-state index in [-0.39, 0.29) is 5.91 Å². The van der Waals surface area contributed by atoms with Crippen molar-refractivity contribution in [3.05, 3.63) is 11.9 Å². The molecule has 5 heteroatoms. The molecule has 0 bridgehead atoms. The van der Waals surface area contributed by atoms with Crippen LogP contribution in [-0.2, 0) is 7.05 Å². The molecular weight excluding hydrogens is 240 g/mol. The molecule has 1 amide bonds. The SMILES string of the molecule is CC1CCC(CCNC(=O)c2c(N)cnn2C)CC1. The lowest BCUT2D eigenvalue weighted by molar-refractivity contribution is 0.0941. The summed E-state index contributed by atoms with van der Waals surface area (Å²) in [7, 11) is 1.73. The number of rotatable bonds is 4. The molecule has 1 saturated carbocycles. The minimum Gasteiger partial charge on any atom is -0.396 e. The monoisotopic (exact) mass is 264 g/mol. The molecule has 5 nitrogen and oxygen atoms in total. The molecule has 0 radical (unpaired) electrons. The lowest BCUT2D eigenvalue weighted by Gasteiger charge is -2.26. The normalized spacial score (nSPS) is 23.3. The number of aryl methyl sites for hydroxylation is 1. The zero-order valence-electron chi connectivity index (χ0n) is 11.9. The van der Waals surface area contributed by atoms with Gasteiger partial charge in [0.1, 0.15) is 5.69 Å². The Balaban J connectivity index is 1.75. The zero-order chi connectivity index (χ0) is 13.8. The lowest BCUT2D eigenvalue weighted by Crippen LogP contribution is -2.29. The molecule has 1 aliphatic carbocycles. The van der Waals surface area contributed by atoms with Crippen LogP contribution in [0.25, 0.3) is 0 Å². The molecule has 0 aliphatic heterocycles. The van der Waals surface area contributed by atoms with E-state index in [1.807, 2.05) is 0 Å². The summed E-state index contributed by atoms with van der Waals surface area (Å²) in [5.74, 6) is 1.52. The Morgan fingerprint density at radius 1 is 1.47 bits per heavy atom. The Labute approximate surface area is 114 Å². The first-order valence-electron chi connectivity index (χ1n) is 7.13. The molecule has 19 heavy (non-hydrogen) atoms. The summed E-state index contributed by atoms with van der Waals surface area (Å²) in [6.07, 6.45) is 7.82. The van der Waals surface area contributed by atoms with Crippen LogP contribution in [0.15, 0.2) is 6.20 Å². The number of amides is 1. The number of nitrogen functional groups attached to an aromatic ring is 1. The molecule has 1 aromatic rings. The van der Waals surface area contributed by atoms with Gasteiger partial charge in [0.2, 0.25) is 0 Å². The van der Waals surface area contributed by atoms with Gasteiger partial charge in [-0.1, -0.05) is 32.6 Å². The molecule has 1 heterocycles. The number of carbonyl (C=O) groups is 1.